The van der Waals surface area contributed by atoms with Gasteiger partial charge < -0.3 is 4.42 Å². The van der Waals surface area contributed by atoms with Gasteiger partial charge in [-0.1, -0.05) is 158 Å². The fourth-order valence-electron chi connectivity index (χ4n) is 8.31. The number of fused-ring (bicyclic) bond motifs is 6. The molecule has 0 aliphatic heterocycles. The first-order chi connectivity index (χ1) is 27.2. The summed E-state index contributed by atoms with van der Waals surface area (Å²) in [6, 6.07) is 57.7. The molecular formula is C51H33N3O. The van der Waals surface area contributed by atoms with E-state index in [0.29, 0.717) is 17.5 Å². The summed E-state index contributed by atoms with van der Waals surface area (Å²) in [7, 11) is 0. The third-order valence-electron chi connectivity index (χ3n) is 11.0. The third-order valence-corrected chi connectivity index (χ3v) is 11.0. The number of allylic oxidation sites excluding steroid dienone is 1. The number of rotatable bonds is 5. The molecule has 258 valence electrons. The highest BCUT2D eigenvalue weighted by molar-refractivity contribution is 6.17. The van der Waals surface area contributed by atoms with Gasteiger partial charge >= 0.3 is 0 Å². The quantitative estimate of drug-likeness (QED) is 0.179. The van der Waals surface area contributed by atoms with E-state index in [1.807, 2.05) is 12.1 Å². The van der Waals surface area contributed by atoms with Crippen LogP contribution < -0.4 is 0 Å². The molecule has 0 bridgehead atoms. The SMILES string of the molecule is C1=Cc2cc(-c3nc(-c4ccc5ccccc5c4)nc(-c4cccc5oc6c(-c7cccc8c(-c9ccccc9)cccc78)cccc6c45)n3)ccc2CC1. The van der Waals surface area contributed by atoms with E-state index < -0.39 is 0 Å². The summed E-state index contributed by atoms with van der Waals surface area (Å²) in [6.07, 6.45) is 6.56. The van der Waals surface area contributed by atoms with Crippen LogP contribution in [-0.2, 0) is 6.42 Å². The van der Waals surface area contributed by atoms with Crippen LogP contribution in [0.15, 0.2) is 174 Å². The molecule has 0 atom stereocenters. The lowest BCUT2D eigenvalue weighted by Crippen LogP contribution is -2.01. The summed E-state index contributed by atoms with van der Waals surface area (Å²) in [4.78, 5) is 15.6. The van der Waals surface area contributed by atoms with Gasteiger partial charge in [0, 0.05) is 33.0 Å². The zero-order valence-corrected chi connectivity index (χ0v) is 29.9. The van der Waals surface area contributed by atoms with Crippen molar-refractivity contribution in [1.29, 1.82) is 0 Å². The van der Waals surface area contributed by atoms with E-state index in [2.05, 4.69) is 164 Å². The minimum Gasteiger partial charge on any atom is -0.455 e. The Labute approximate surface area is 318 Å². The topological polar surface area (TPSA) is 51.8 Å². The van der Waals surface area contributed by atoms with Crippen LogP contribution in [-0.4, -0.2) is 15.0 Å². The van der Waals surface area contributed by atoms with Crippen molar-refractivity contribution in [1.82, 2.24) is 15.0 Å². The number of hydrogen-bond acceptors (Lipinski definition) is 4. The second kappa shape index (κ2) is 12.8. The molecule has 10 aromatic rings. The number of aryl methyl sites for hydroxylation is 1. The summed E-state index contributed by atoms with van der Waals surface area (Å²) >= 11 is 0. The molecule has 55 heavy (non-hydrogen) atoms. The second-order valence-corrected chi connectivity index (χ2v) is 14.3. The van der Waals surface area contributed by atoms with Crippen LogP contribution in [0.2, 0.25) is 0 Å². The van der Waals surface area contributed by atoms with Crippen molar-refractivity contribution in [2.45, 2.75) is 12.8 Å². The standard InChI is InChI=1S/C51H33N3O/c1-2-14-34(15-3-1)39-18-8-20-41-40(39)19-9-21-42(41)43-22-10-23-44-47-45(24-11-25-46(47)55-48(43)44)51-53-49(37-28-26-32-12-4-6-16-35(32)30-37)52-50(54-51)38-29-27-33-13-5-7-17-36(33)31-38/h1-4,6-12,14-31H,5,13H2. The lowest BCUT2D eigenvalue weighted by atomic mass is 9.92. The van der Waals surface area contributed by atoms with Gasteiger partial charge in [-0.05, 0) is 80.4 Å². The minimum absolute atomic E-state index is 0.609. The molecule has 0 N–H and O–H groups in total. The van der Waals surface area contributed by atoms with Gasteiger partial charge in [-0.2, -0.15) is 0 Å². The van der Waals surface area contributed by atoms with Gasteiger partial charge in [0.1, 0.15) is 11.2 Å². The van der Waals surface area contributed by atoms with Crippen molar-refractivity contribution in [3.8, 4) is 56.4 Å². The molecule has 0 spiro atoms. The second-order valence-electron chi connectivity index (χ2n) is 14.3. The molecule has 0 saturated heterocycles. The highest BCUT2D eigenvalue weighted by Crippen LogP contribution is 2.43. The van der Waals surface area contributed by atoms with Crippen LogP contribution >= 0.6 is 0 Å². The molecule has 4 heteroatoms. The molecule has 1 aliphatic carbocycles. The van der Waals surface area contributed by atoms with Gasteiger partial charge in [0.2, 0.25) is 0 Å². The first kappa shape index (κ1) is 31.4. The summed E-state index contributed by atoms with van der Waals surface area (Å²) in [5.41, 5.74) is 11.6. The van der Waals surface area contributed by atoms with Crippen LogP contribution in [0.3, 0.4) is 0 Å². The van der Waals surface area contributed by atoms with Crippen molar-refractivity contribution in [2.24, 2.45) is 0 Å². The average Bonchev–Trinajstić information content (AvgIpc) is 3.65. The summed E-state index contributed by atoms with van der Waals surface area (Å²) in [5.74, 6) is 1.89. The van der Waals surface area contributed by atoms with Crippen LogP contribution in [0.25, 0.3) is 106 Å². The molecule has 8 aromatic carbocycles. The average molecular weight is 704 g/mol. The molecular weight excluding hydrogens is 671 g/mol. The molecule has 2 aromatic heterocycles. The fraction of sp³-hybridized carbons (Fsp3) is 0.0392. The highest BCUT2D eigenvalue weighted by atomic mass is 16.3. The van der Waals surface area contributed by atoms with Gasteiger partial charge in [0.15, 0.2) is 17.5 Å². The maximum atomic E-state index is 6.83. The molecule has 0 unspecified atom stereocenters. The minimum atomic E-state index is 0.609. The van der Waals surface area contributed by atoms with E-state index in [1.54, 1.807) is 0 Å². The van der Waals surface area contributed by atoms with Crippen LogP contribution in [0.1, 0.15) is 17.5 Å². The number of aromatic nitrogens is 3. The highest BCUT2D eigenvalue weighted by Gasteiger charge is 2.21. The Morgan fingerprint density at radius 3 is 1.95 bits per heavy atom. The predicted octanol–water partition coefficient (Wildman–Crippen LogP) is 13.4. The van der Waals surface area contributed by atoms with Gasteiger partial charge in [0.05, 0.1) is 0 Å². The monoisotopic (exact) mass is 703 g/mol. The summed E-state index contributed by atoms with van der Waals surface area (Å²) in [5, 5.41) is 6.71. The maximum Gasteiger partial charge on any atom is 0.164 e. The molecule has 11 rings (SSSR count). The number of benzene rings is 8. The van der Waals surface area contributed by atoms with Gasteiger partial charge in [-0.25, -0.2) is 15.0 Å². The van der Waals surface area contributed by atoms with Crippen molar-refractivity contribution in [3.05, 3.63) is 181 Å². The first-order valence-electron chi connectivity index (χ1n) is 18.8. The lowest BCUT2D eigenvalue weighted by Gasteiger charge is -2.13. The van der Waals surface area contributed by atoms with Crippen LogP contribution in [0.4, 0.5) is 0 Å². The maximum absolute atomic E-state index is 6.83. The Bertz CT molecular complexity index is 3160. The van der Waals surface area contributed by atoms with E-state index in [1.165, 1.54) is 38.4 Å². The lowest BCUT2D eigenvalue weighted by molar-refractivity contribution is 0.670. The normalized spacial score (nSPS) is 12.5. The van der Waals surface area contributed by atoms with E-state index in [0.717, 1.165) is 68.0 Å². The molecule has 0 saturated carbocycles. The van der Waals surface area contributed by atoms with Crippen molar-refractivity contribution >= 4 is 49.6 Å². The van der Waals surface area contributed by atoms with Gasteiger partial charge in [0.25, 0.3) is 0 Å². The Kier molecular flexibility index (Phi) is 7.27. The Hall–Kier alpha value is -7.17. The smallest absolute Gasteiger partial charge is 0.164 e. The Balaban J connectivity index is 1.12. The van der Waals surface area contributed by atoms with Gasteiger partial charge in [-0.3, -0.25) is 0 Å². The first-order valence-corrected chi connectivity index (χ1v) is 18.8. The number of hydrogen-bond donors (Lipinski definition) is 0. The summed E-state index contributed by atoms with van der Waals surface area (Å²) < 4.78 is 6.83. The number of nitrogens with zero attached hydrogens (tertiary/aromatic N) is 3. The van der Waals surface area contributed by atoms with E-state index in [9.17, 15) is 0 Å². The zero-order valence-electron chi connectivity index (χ0n) is 29.9. The Morgan fingerprint density at radius 1 is 0.436 bits per heavy atom. The predicted molar refractivity (Wildman–Crippen MR) is 227 cm³/mol. The molecule has 0 radical (unpaired) electrons. The Morgan fingerprint density at radius 2 is 1.09 bits per heavy atom. The largest absolute Gasteiger partial charge is 0.455 e. The van der Waals surface area contributed by atoms with Crippen LogP contribution in [0, 0.1) is 0 Å². The summed E-state index contributed by atoms with van der Waals surface area (Å²) in [6.45, 7) is 0. The fourth-order valence-corrected chi connectivity index (χ4v) is 8.31. The van der Waals surface area contributed by atoms with Crippen molar-refractivity contribution < 1.29 is 4.42 Å². The molecule has 1 aliphatic rings. The molecule has 0 fully saturated rings. The van der Waals surface area contributed by atoms with E-state index >= 15 is 0 Å². The van der Waals surface area contributed by atoms with Gasteiger partial charge in [-0.15, -0.1) is 0 Å². The zero-order chi connectivity index (χ0) is 36.3. The van der Waals surface area contributed by atoms with Crippen molar-refractivity contribution in [2.75, 3.05) is 0 Å². The van der Waals surface area contributed by atoms with E-state index in [-0.39, 0.29) is 0 Å². The van der Waals surface area contributed by atoms with E-state index in [4.69, 9.17) is 19.4 Å². The van der Waals surface area contributed by atoms with Crippen molar-refractivity contribution in [3.63, 3.8) is 0 Å². The molecule has 0 amide bonds. The molecule has 2 heterocycles. The number of para-hydroxylation sites is 1. The third kappa shape index (κ3) is 5.33. The number of furan rings is 1. The molecule has 4 nitrogen and oxygen atoms in total. The van der Waals surface area contributed by atoms with Crippen LogP contribution in [0.5, 0.6) is 0 Å².